The lowest BCUT2D eigenvalue weighted by molar-refractivity contribution is -0.159. The molecule has 1 aliphatic heterocycles. The van der Waals surface area contributed by atoms with Gasteiger partial charge in [-0.2, -0.15) is 0 Å². The molecule has 1 aromatic rings. The van der Waals surface area contributed by atoms with Crippen molar-refractivity contribution in [3.63, 3.8) is 0 Å². The van der Waals surface area contributed by atoms with E-state index in [-0.39, 0.29) is 18.7 Å². The van der Waals surface area contributed by atoms with E-state index in [2.05, 4.69) is 0 Å². The maximum Gasteiger partial charge on any atom is 0.410 e. The van der Waals surface area contributed by atoms with Gasteiger partial charge in [0, 0.05) is 19.5 Å². The number of esters is 1. The summed E-state index contributed by atoms with van der Waals surface area (Å²) < 4.78 is 10.5. The second-order valence-corrected chi connectivity index (χ2v) is 6.23. The third-order valence-corrected chi connectivity index (χ3v) is 4.63. The summed E-state index contributed by atoms with van der Waals surface area (Å²) in [7, 11) is 0. The van der Waals surface area contributed by atoms with Crippen molar-refractivity contribution in [1.82, 2.24) is 4.90 Å². The number of nitrogens with zero attached hydrogens (tertiary/aromatic N) is 1. The maximum atomic E-state index is 12.3. The Morgan fingerprint density at radius 3 is 2.44 bits per heavy atom. The van der Waals surface area contributed by atoms with Gasteiger partial charge in [0.1, 0.15) is 12.9 Å². The van der Waals surface area contributed by atoms with E-state index in [1.807, 2.05) is 30.3 Å². The lowest BCUT2D eigenvalue weighted by Crippen LogP contribution is -2.47. The molecule has 0 N–H and O–H groups in total. The maximum absolute atomic E-state index is 12.3. The second kappa shape index (κ2) is 9.20. The van der Waals surface area contributed by atoms with Crippen LogP contribution in [-0.4, -0.2) is 42.9 Å². The summed E-state index contributed by atoms with van der Waals surface area (Å²) in [5.41, 5.74) is 0.257. The number of benzene rings is 1. The second-order valence-electron chi connectivity index (χ2n) is 6.23. The molecule has 25 heavy (non-hydrogen) atoms. The first-order chi connectivity index (χ1) is 12.1. The molecule has 6 heteroatoms. The van der Waals surface area contributed by atoms with E-state index < -0.39 is 5.41 Å². The Balaban J connectivity index is 1.90. The highest BCUT2D eigenvalue weighted by atomic mass is 16.6. The van der Waals surface area contributed by atoms with Crippen molar-refractivity contribution in [2.45, 2.75) is 39.2 Å². The van der Waals surface area contributed by atoms with Crippen LogP contribution in [0.2, 0.25) is 0 Å². The molecular weight excluding hydrogens is 322 g/mol. The predicted molar refractivity (Wildman–Crippen MR) is 91.8 cm³/mol. The van der Waals surface area contributed by atoms with E-state index in [1.54, 1.807) is 11.8 Å². The molecule has 0 saturated carbocycles. The van der Waals surface area contributed by atoms with Crippen molar-refractivity contribution in [2.75, 3.05) is 19.7 Å². The zero-order chi connectivity index (χ0) is 18.1. The summed E-state index contributed by atoms with van der Waals surface area (Å²) in [6, 6.07) is 9.49. The SMILES string of the molecule is CCOC(=O)C1(CCC=O)CCN(C(=O)OCc2ccccc2)CC1. The number of likely N-dealkylation sites (tertiary alicyclic amines) is 1. The highest BCUT2D eigenvalue weighted by Crippen LogP contribution is 2.37. The van der Waals surface area contributed by atoms with Gasteiger partial charge in [0.25, 0.3) is 0 Å². The Morgan fingerprint density at radius 1 is 1.16 bits per heavy atom. The lowest BCUT2D eigenvalue weighted by Gasteiger charge is -2.39. The Morgan fingerprint density at radius 2 is 1.84 bits per heavy atom. The zero-order valence-electron chi connectivity index (χ0n) is 14.6. The molecule has 1 amide bonds. The third kappa shape index (κ3) is 5.05. The van der Waals surface area contributed by atoms with Gasteiger partial charge < -0.3 is 19.2 Å². The van der Waals surface area contributed by atoms with Crippen molar-refractivity contribution in [3.8, 4) is 0 Å². The number of amides is 1. The molecule has 0 spiro atoms. The fourth-order valence-electron chi connectivity index (χ4n) is 3.10. The Bertz CT molecular complexity index is 579. The molecular formula is C19H25NO5. The molecule has 6 nitrogen and oxygen atoms in total. The number of piperidine rings is 1. The number of ether oxygens (including phenoxy) is 2. The normalized spacial score (nSPS) is 16.1. The lowest BCUT2D eigenvalue weighted by atomic mass is 9.75. The van der Waals surface area contributed by atoms with Crippen LogP contribution >= 0.6 is 0 Å². The first-order valence-corrected chi connectivity index (χ1v) is 8.68. The van der Waals surface area contributed by atoms with Crippen molar-refractivity contribution >= 4 is 18.3 Å². The first kappa shape index (κ1) is 19.0. The summed E-state index contributed by atoms with van der Waals surface area (Å²) in [6.45, 7) is 3.15. The molecule has 0 atom stereocenters. The number of aldehydes is 1. The molecule has 1 aromatic carbocycles. The quantitative estimate of drug-likeness (QED) is 0.560. The van der Waals surface area contributed by atoms with Gasteiger partial charge >= 0.3 is 12.1 Å². The molecule has 1 saturated heterocycles. The van der Waals surface area contributed by atoms with Gasteiger partial charge in [-0.25, -0.2) is 4.79 Å². The van der Waals surface area contributed by atoms with Crippen molar-refractivity contribution in [1.29, 1.82) is 0 Å². The molecule has 1 fully saturated rings. The summed E-state index contributed by atoms with van der Waals surface area (Å²) >= 11 is 0. The smallest absolute Gasteiger partial charge is 0.410 e. The van der Waals surface area contributed by atoms with Gasteiger partial charge in [-0.3, -0.25) is 4.79 Å². The molecule has 136 valence electrons. The number of hydrogen-bond acceptors (Lipinski definition) is 5. The fourth-order valence-corrected chi connectivity index (χ4v) is 3.10. The average Bonchev–Trinajstić information content (AvgIpc) is 2.66. The van der Waals surface area contributed by atoms with E-state index in [1.165, 1.54) is 0 Å². The molecule has 1 heterocycles. The minimum absolute atomic E-state index is 0.227. The molecule has 0 unspecified atom stereocenters. The van der Waals surface area contributed by atoms with Crippen molar-refractivity contribution in [2.24, 2.45) is 5.41 Å². The number of hydrogen-bond donors (Lipinski definition) is 0. The van der Waals surface area contributed by atoms with Crippen LogP contribution < -0.4 is 0 Å². The van der Waals surface area contributed by atoms with E-state index >= 15 is 0 Å². The Hall–Kier alpha value is -2.37. The zero-order valence-corrected chi connectivity index (χ0v) is 14.6. The van der Waals surface area contributed by atoms with Crippen LogP contribution in [0, 0.1) is 5.41 Å². The predicted octanol–water partition coefficient (Wildman–Crippen LogP) is 2.95. The first-order valence-electron chi connectivity index (χ1n) is 8.68. The average molecular weight is 347 g/mol. The van der Waals surface area contributed by atoms with E-state index in [0.29, 0.717) is 45.4 Å². The van der Waals surface area contributed by atoms with Gasteiger partial charge in [0.15, 0.2) is 0 Å². The largest absolute Gasteiger partial charge is 0.466 e. The van der Waals surface area contributed by atoms with Crippen LogP contribution in [0.3, 0.4) is 0 Å². The monoisotopic (exact) mass is 347 g/mol. The number of carbonyl (C=O) groups is 3. The van der Waals surface area contributed by atoms with Crippen LogP contribution in [0.15, 0.2) is 30.3 Å². The fraction of sp³-hybridized carbons (Fsp3) is 0.526. The Labute approximate surface area is 148 Å². The molecule has 0 radical (unpaired) electrons. The van der Waals surface area contributed by atoms with Gasteiger partial charge in [-0.1, -0.05) is 30.3 Å². The molecule has 2 rings (SSSR count). The van der Waals surface area contributed by atoms with Gasteiger partial charge in [-0.05, 0) is 31.7 Å². The third-order valence-electron chi connectivity index (χ3n) is 4.63. The van der Waals surface area contributed by atoms with Gasteiger partial charge in [-0.15, -0.1) is 0 Å². The van der Waals surface area contributed by atoms with Crippen LogP contribution in [-0.2, 0) is 25.7 Å². The van der Waals surface area contributed by atoms with Crippen molar-refractivity contribution in [3.05, 3.63) is 35.9 Å². The molecule has 0 bridgehead atoms. The summed E-state index contributed by atoms with van der Waals surface area (Å²) in [4.78, 5) is 36.9. The minimum Gasteiger partial charge on any atom is -0.466 e. The van der Waals surface area contributed by atoms with Gasteiger partial charge in [0.2, 0.25) is 0 Å². The topological polar surface area (TPSA) is 72.9 Å². The number of carbonyl (C=O) groups excluding carboxylic acids is 3. The number of rotatable bonds is 7. The van der Waals surface area contributed by atoms with E-state index in [4.69, 9.17) is 9.47 Å². The summed E-state index contributed by atoms with van der Waals surface area (Å²) in [5.74, 6) is -0.269. The molecule has 0 aliphatic carbocycles. The van der Waals surface area contributed by atoms with Crippen LogP contribution in [0.25, 0.3) is 0 Å². The molecule has 0 aromatic heterocycles. The summed E-state index contributed by atoms with van der Waals surface area (Å²) in [5, 5.41) is 0. The van der Waals surface area contributed by atoms with Crippen LogP contribution in [0.1, 0.15) is 38.2 Å². The van der Waals surface area contributed by atoms with Crippen molar-refractivity contribution < 1.29 is 23.9 Å². The summed E-state index contributed by atoms with van der Waals surface area (Å²) in [6.07, 6.45) is 2.19. The van der Waals surface area contributed by atoms with Crippen LogP contribution in [0.5, 0.6) is 0 Å². The van der Waals surface area contributed by atoms with Gasteiger partial charge in [0.05, 0.1) is 12.0 Å². The standard InChI is InChI=1S/C19H25NO5/c1-2-24-17(22)19(9-6-14-21)10-12-20(13-11-19)18(23)25-15-16-7-4-3-5-8-16/h3-5,7-8,14H,2,6,9-13,15H2,1H3. The minimum atomic E-state index is -0.673. The highest BCUT2D eigenvalue weighted by molar-refractivity contribution is 5.78. The Kier molecular flexibility index (Phi) is 6.98. The van der Waals surface area contributed by atoms with E-state index in [0.717, 1.165) is 11.8 Å². The van der Waals surface area contributed by atoms with E-state index in [9.17, 15) is 14.4 Å². The highest BCUT2D eigenvalue weighted by Gasteiger charge is 2.43. The van der Waals surface area contributed by atoms with Crippen LogP contribution in [0.4, 0.5) is 4.79 Å². The molecule has 1 aliphatic rings.